The second-order valence-electron chi connectivity index (χ2n) is 4.62. The van der Waals surface area contributed by atoms with Crippen LogP contribution in [0.25, 0.3) is 0 Å². The van der Waals surface area contributed by atoms with Crippen LogP contribution >= 0.6 is 0 Å². The van der Waals surface area contributed by atoms with Crippen molar-refractivity contribution < 1.29 is 4.74 Å². The van der Waals surface area contributed by atoms with Gasteiger partial charge in [-0.1, -0.05) is 30.9 Å². The second kappa shape index (κ2) is 4.71. The Labute approximate surface area is 97.3 Å². The Morgan fingerprint density at radius 3 is 2.88 bits per heavy atom. The highest BCUT2D eigenvalue weighted by Gasteiger charge is 2.36. The monoisotopic (exact) mass is 217 g/mol. The maximum Gasteiger partial charge on any atom is 0.124 e. The van der Waals surface area contributed by atoms with Gasteiger partial charge in [-0.15, -0.1) is 0 Å². The molecule has 0 saturated heterocycles. The fourth-order valence-electron chi connectivity index (χ4n) is 1.61. The fourth-order valence-corrected chi connectivity index (χ4v) is 1.61. The Hall–Kier alpha value is -1.28. The van der Waals surface area contributed by atoms with E-state index in [0.29, 0.717) is 12.1 Å². The van der Waals surface area contributed by atoms with E-state index in [1.165, 1.54) is 18.4 Å². The van der Waals surface area contributed by atoms with Crippen molar-refractivity contribution in [3.8, 4) is 5.75 Å². The molecule has 1 aromatic rings. The van der Waals surface area contributed by atoms with E-state index in [2.05, 4.69) is 24.9 Å². The highest BCUT2D eigenvalue weighted by molar-refractivity contribution is 5.33. The Kier molecular flexibility index (Phi) is 3.30. The Bertz CT molecular complexity index is 369. The number of nitrogens with one attached hydrogen (secondary N) is 1. The summed E-state index contributed by atoms with van der Waals surface area (Å²) in [5, 5.41) is 3.56. The third-order valence-corrected chi connectivity index (χ3v) is 3.03. The summed E-state index contributed by atoms with van der Waals surface area (Å²) in [6.45, 7) is 7.37. The molecule has 0 bridgehead atoms. The molecule has 0 spiro atoms. The minimum Gasteiger partial charge on any atom is -0.489 e. The van der Waals surface area contributed by atoms with Gasteiger partial charge in [-0.3, -0.25) is 0 Å². The Balaban J connectivity index is 1.97. The summed E-state index contributed by atoms with van der Waals surface area (Å²) in [6, 6.07) is 8.17. The van der Waals surface area contributed by atoms with Crippen LogP contribution in [-0.4, -0.2) is 12.1 Å². The van der Waals surface area contributed by atoms with E-state index >= 15 is 0 Å². The molecule has 0 unspecified atom stereocenters. The smallest absolute Gasteiger partial charge is 0.124 e. The van der Waals surface area contributed by atoms with E-state index < -0.39 is 0 Å². The van der Waals surface area contributed by atoms with E-state index in [1.807, 2.05) is 18.2 Å². The van der Waals surface area contributed by atoms with Crippen LogP contribution in [0.15, 0.2) is 36.9 Å². The third kappa shape index (κ3) is 2.86. The summed E-state index contributed by atoms with van der Waals surface area (Å²) in [5.74, 6) is 0.958. The Morgan fingerprint density at radius 1 is 1.44 bits per heavy atom. The first-order valence-electron chi connectivity index (χ1n) is 5.80. The molecule has 1 aromatic carbocycles. The van der Waals surface area contributed by atoms with E-state index in [4.69, 9.17) is 4.74 Å². The average molecular weight is 217 g/mol. The first-order chi connectivity index (χ1) is 7.73. The number of para-hydroxylation sites is 1. The highest BCUT2D eigenvalue weighted by Crippen LogP contribution is 2.35. The van der Waals surface area contributed by atoms with Gasteiger partial charge >= 0.3 is 0 Å². The van der Waals surface area contributed by atoms with Gasteiger partial charge < -0.3 is 10.1 Å². The molecule has 0 aliphatic heterocycles. The average Bonchev–Trinajstić information content (AvgIpc) is 3.04. The molecule has 0 aromatic heterocycles. The molecule has 0 radical (unpaired) electrons. The quantitative estimate of drug-likeness (QED) is 0.740. The van der Waals surface area contributed by atoms with Crippen molar-refractivity contribution in [1.82, 2.24) is 5.32 Å². The van der Waals surface area contributed by atoms with Crippen LogP contribution in [0.4, 0.5) is 0 Å². The number of hydrogen-bond acceptors (Lipinski definition) is 2. The molecular weight excluding hydrogens is 198 g/mol. The predicted molar refractivity (Wildman–Crippen MR) is 66.6 cm³/mol. The van der Waals surface area contributed by atoms with Gasteiger partial charge in [0.05, 0.1) is 0 Å². The van der Waals surface area contributed by atoms with Gasteiger partial charge in [0.1, 0.15) is 12.4 Å². The van der Waals surface area contributed by atoms with Gasteiger partial charge in [-0.05, 0) is 25.8 Å². The van der Waals surface area contributed by atoms with E-state index in [1.54, 1.807) is 6.08 Å². The van der Waals surface area contributed by atoms with Crippen LogP contribution in [-0.2, 0) is 6.54 Å². The van der Waals surface area contributed by atoms with Crippen LogP contribution in [0.2, 0.25) is 0 Å². The topological polar surface area (TPSA) is 21.3 Å². The molecule has 1 N–H and O–H groups in total. The summed E-state index contributed by atoms with van der Waals surface area (Å²) < 4.78 is 5.61. The van der Waals surface area contributed by atoms with E-state index in [9.17, 15) is 0 Å². The van der Waals surface area contributed by atoms with Crippen molar-refractivity contribution in [1.29, 1.82) is 0 Å². The maximum atomic E-state index is 5.61. The number of hydrogen-bond donors (Lipinski definition) is 1. The molecule has 2 nitrogen and oxygen atoms in total. The van der Waals surface area contributed by atoms with Crippen molar-refractivity contribution >= 4 is 0 Å². The Morgan fingerprint density at radius 2 is 2.19 bits per heavy atom. The lowest BCUT2D eigenvalue weighted by Gasteiger charge is -2.14. The predicted octanol–water partition coefficient (Wildman–Crippen LogP) is 2.89. The maximum absolute atomic E-state index is 5.61. The minimum atomic E-state index is 0.367. The fraction of sp³-hybridized carbons (Fsp3) is 0.429. The van der Waals surface area contributed by atoms with Crippen LogP contribution in [0.5, 0.6) is 5.75 Å². The van der Waals surface area contributed by atoms with Crippen molar-refractivity contribution in [3.63, 3.8) is 0 Å². The number of benzene rings is 1. The first kappa shape index (κ1) is 11.2. The molecule has 1 fully saturated rings. The molecular formula is C14H19NO. The number of ether oxygens (including phenoxy) is 1. The van der Waals surface area contributed by atoms with Crippen molar-refractivity contribution in [2.75, 3.05) is 6.61 Å². The van der Waals surface area contributed by atoms with Crippen LogP contribution < -0.4 is 10.1 Å². The van der Waals surface area contributed by atoms with E-state index in [-0.39, 0.29) is 0 Å². The molecule has 0 amide bonds. The van der Waals surface area contributed by atoms with Gasteiger partial charge in [0.15, 0.2) is 0 Å². The highest BCUT2D eigenvalue weighted by atomic mass is 16.5. The molecule has 1 aliphatic carbocycles. The normalized spacial score (nSPS) is 16.8. The molecule has 86 valence electrons. The largest absolute Gasteiger partial charge is 0.489 e. The minimum absolute atomic E-state index is 0.367. The summed E-state index contributed by atoms with van der Waals surface area (Å²) >= 11 is 0. The van der Waals surface area contributed by atoms with Gasteiger partial charge in [-0.25, -0.2) is 0 Å². The van der Waals surface area contributed by atoms with Gasteiger partial charge in [-0.2, -0.15) is 0 Å². The number of rotatable bonds is 6. The lowest BCUT2D eigenvalue weighted by atomic mass is 10.2. The summed E-state index contributed by atoms with van der Waals surface area (Å²) in [4.78, 5) is 0. The van der Waals surface area contributed by atoms with Gasteiger partial charge in [0.2, 0.25) is 0 Å². The zero-order chi connectivity index (χ0) is 11.4. The van der Waals surface area contributed by atoms with Crippen LogP contribution in [0.3, 0.4) is 0 Å². The summed E-state index contributed by atoms with van der Waals surface area (Å²) in [6.07, 6.45) is 4.33. The molecule has 2 heteroatoms. The van der Waals surface area contributed by atoms with Crippen LogP contribution in [0, 0.1) is 0 Å². The summed E-state index contributed by atoms with van der Waals surface area (Å²) in [7, 11) is 0. The van der Waals surface area contributed by atoms with Crippen molar-refractivity contribution in [3.05, 3.63) is 42.5 Å². The molecule has 1 saturated carbocycles. The SMILES string of the molecule is C=CCOc1ccccc1CNC1(C)CC1. The van der Waals surface area contributed by atoms with Gasteiger partial charge in [0, 0.05) is 17.6 Å². The molecule has 2 rings (SSSR count). The van der Waals surface area contributed by atoms with Crippen molar-refractivity contribution in [2.24, 2.45) is 0 Å². The standard InChI is InChI=1S/C14H19NO/c1-3-10-16-13-7-5-4-6-12(13)11-15-14(2)8-9-14/h3-7,15H,1,8-11H2,2H3. The first-order valence-corrected chi connectivity index (χ1v) is 5.80. The van der Waals surface area contributed by atoms with Crippen molar-refractivity contribution in [2.45, 2.75) is 31.8 Å². The summed E-state index contributed by atoms with van der Waals surface area (Å²) in [5.41, 5.74) is 1.59. The molecule has 1 aliphatic rings. The van der Waals surface area contributed by atoms with Gasteiger partial charge in [0.25, 0.3) is 0 Å². The zero-order valence-electron chi connectivity index (χ0n) is 9.83. The van der Waals surface area contributed by atoms with E-state index in [0.717, 1.165) is 12.3 Å². The third-order valence-electron chi connectivity index (χ3n) is 3.03. The lowest BCUT2D eigenvalue weighted by molar-refractivity contribution is 0.356. The zero-order valence-corrected chi connectivity index (χ0v) is 9.83. The molecule has 0 atom stereocenters. The molecule has 16 heavy (non-hydrogen) atoms. The lowest BCUT2D eigenvalue weighted by Crippen LogP contribution is -2.27. The van der Waals surface area contributed by atoms with Crippen LogP contribution in [0.1, 0.15) is 25.3 Å². The molecule has 0 heterocycles. The second-order valence-corrected chi connectivity index (χ2v) is 4.62.